The van der Waals surface area contributed by atoms with Crippen LogP contribution in [0.3, 0.4) is 0 Å². The second kappa shape index (κ2) is 4.67. The summed E-state index contributed by atoms with van der Waals surface area (Å²) in [6, 6.07) is 5.65. The molecule has 1 unspecified atom stereocenters. The van der Waals surface area contributed by atoms with Crippen LogP contribution in [-0.2, 0) is 0 Å². The molecule has 94 valence electrons. The average Bonchev–Trinajstić information content (AvgIpc) is 2.26. The fourth-order valence-electron chi connectivity index (χ4n) is 2.70. The summed E-state index contributed by atoms with van der Waals surface area (Å²) >= 11 is 0. The molecule has 1 N–H and O–H groups in total. The molecule has 17 heavy (non-hydrogen) atoms. The molecule has 1 saturated carbocycles. The Labute approximate surface area is 103 Å². The zero-order valence-electron chi connectivity index (χ0n) is 11.0. The lowest BCUT2D eigenvalue weighted by Crippen LogP contribution is -2.39. The van der Waals surface area contributed by atoms with Gasteiger partial charge in [-0.05, 0) is 42.9 Å². The topological polar surface area (TPSA) is 12.0 Å². The Morgan fingerprint density at radius 1 is 1.29 bits per heavy atom. The second-order valence-electron chi connectivity index (χ2n) is 5.91. The van der Waals surface area contributed by atoms with Crippen LogP contribution in [0.1, 0.15) is 45.1 Å². The van der Waals surface area contributed by atoms with Crippen LogP contribution in [0.15, 0.2) is 18.2 Å². The molecule has 1 aliphatic rings. The van der Waals surface area contributed by atoms with Crippen molar-refractivity contribution < 1.29 is 4.39 Å². The van der Waals surface area contributed by atoms with Crippen LogP contribution in [0.25, 0.3) is 0 Å². The van der Waals surface area contributed by atoms with E-state index in [-0.39, 0.29) is 11.2 Å². The molecule has 1 fully saturated rings. The Hall–Kier alpha value is -1.05. The van der Waals surface area contributed by atoms with Crippen molar-refractivity contribution >= 4 is 5.69 Å². The molecule has 1 nitrogen and oxygen atoms in total. The first-order valence-corrected chi connectivity index (χ1v) is 6.52. The minimum Gasteiger partial charge on any atom is -0.379 e. The maximum absolute atomic E-state index is 13.7. The Morgan fingerprint density at radius 3 is 2.76 bits per heavy atom. The zero-order valence-corrected chi connectivity index (χ0v) is 11.0. The van der Waals surface area contributed by atoms with Gasteiger partial charge < -0.3 is 5.32 Å². The summed E-state index contributed by atoms with van der Waals surface area (Å²) in [5, 5.41) is 3.41. The molecule has 2 heteroatoms. The Morgan fingerprint density at radius 2 is 2.06 bits per heavy atom. The normalized spacial score (nSPS) is 23.4. The van der Waals surface area contributed by atoms with E-state index in [1.807, 2.05) is 19.1 Å². The summed E-state index contributed by atoms with van der Waals surface area (Å²) in [5.74, 6) is -0.142. The molecule has 2 rings (SSSR count). The predicted molar refractivity (Wildman–Crippen MR) is 70.8 cm³/mol. The fraction of sp³-hybridized carbons (Fsp3) is 0.600. The molecule has 1 aromatic rings. The van der Waals surface area contributed by atoms with Crippen molar-refractivity contribution in [1.82, 2.24) is 0 Å². The van der Waals surface area contributed by atoms with Gasteiger partial charge in [-0.25, -0.2) is 4.39 Å². The Kier molecular flexibility index (Phi) is 3.41. The van der Waals surface area contributed by atoms with Gasteiger partial charge in [-0.15, -0.1) is 0 Å². The second-order valence-corrected chi connectivity index (χ2v) is 5.91. The lowest BCUT2D eigenvalue weighted by atomic mass is 9.73. The molecule has 0 amide bonds. The summed E-state index contributed by atoms with van der Waals surface area (Å²) in [5.41, 5.74) is 2.02. The molecular weight excluding hydrogens is 213 g/mol. The van der Waals surface area contributed by atoms with Gasteiger partial charge in [-0.3, -0.25) is 0 Å². The highest BCUT2D eigenvalue weighted by atomic mass is 19.1. The van der Waals surface area contributed by atoms with Crippen molar-refractivity contribution in [1.29, 1.82) is 0 Å². The van der Waals surface area contributed by atoms with E-state index in [9.17, 15) is 4.39 Å². The minimum absolute atomic E-state index is 0.142. The molecule has 0 saturated heterocycles. The van der Waals surface area contributed by atoms with Gasteiger partial charge in [-0.1, -0.05) is 32.8 Å². The molecule has 0 bridgehead atoms. The number of benzene rings is 1. The third kappa shape index (κ3) is 2.80. The lowest BCUT2D eigenvalue weighted by molar-refractivity contribution is 0.216. The van der Waals surface area contributed by atoms with Crippen molar-refractivity contribution in [2.24, 2.45) is 5.41 Å². The van der Waals surface area contributed by atoms with Crippen LogP contribution >= 0.6 is 0 Å². The number of halogens is 1. The maximum Gasteiger partial charge on any atom is 0.146 e. The van der Waals surface area contributed by atoms with Crippen LogP contribution < -0.4 is 5.32 Å². The molecule has 0 aromatic heterocycles. The largest absolute Gasteiger partial charge is 0.379 e. The molecule has 0 heterocycles. The summed E-state index contributed by atoms with van der Waals surface area (Å²) < 4.78 is 13.7. The highest BCUT2D eigenvalue weighted by Crippen LogP contribution is 2.37. The van der Waals surface area contributed by atoms with E-state index in [1.54, 1.807) is 6.07 Å². The highest BCUT2D eigenvalue weighted by molar-refractivity contribution is 5.48. The number of rotatable bonds is 2. The summed E-state index contributed by atoms with van der Waals surface area (Å²) in [4.78, 5) is 0. The van der Waals surface area contributed by atoms with Crippen molar-refractivity contribution in [3.8, 4) is 0 Å². The van der Waals surface area contributed by atoms with Crippen molar-refractivity contribution in [2.45, 2.75) is 52.5 Å². The third-order valence-electron chi connectivity index (χ3n) is 3.96. The molecular formula is C15H22FN. The van der Waals surface area contributed by atoms with E-state index in [0.717, 1.165) is 12.0 Å². The van der Waals surface area contributed by atoms with E-state index < -0.39 is 0 Å². The number of anilines is 1. The molecule has 1 atom stereocenters. The summed E-state index contributed by atoms with van der Waals surface area (Å²) in [6.07, 6.45) is 4.90. The van der Waals surface area contributed by atoms with E-state index in [0.29, 0.717) is 11.7 Å². The van der Waals surface area contributed by atoms with E-state index >= 15 is 0 Å². The fourth-order valence-corrected chi connectivity index (χ4v) is 2.70. The molecule has 0 spiro atoms. The van der Waals surface area contributed by atoms with Gasteiger partial charge >= 0.3 is 0 Å². The van der Waals surface area contributed by atoms with E-state index in [1.165, 1.54) is 19.3 Å². The maximum atomic E-state index is 13.7. The van der Waals surface area contributed by atoms with Crippen molar-refractivity contribution in [2.75, 3.05) is 5.32 Å². The number of nitrogens with one attached hydrogen (secondary N) is 1. The first-order valence-electron chi connectivity index (χ1n) is 6.52. The van der Waals surface area contributed by atoms with E-state index in [4.69, 9.17) is 0 Å². The van der Waals surface area contributed by atoms with Gasteiger partial charge in [0.1, 0.15) is 5.82 Å². The van der Waals surface area contributed by atoms with Crippen molar-refractivity contribution in [3.63, 3.8) is 0 Å². The zero-order chi connectivity index (χ0) is 12.5. The molecule has 0 radical (unpaired) electrons. The Bertz CT molecular complexity index is 398. The number of hydrogen-bond donors (Lipinski definition) is 1. The standard InChI is InChI=1S/C15H22FN/c1-11-7-8-12(16)13(10-11)17-14-6-4-5-9-15(14,2)3/h7-8,10,14,17H,4-6,9H2,1-3H3. The highest BCUT2D eigenvalue weighted by Gasteiger charge is 2.32. The molecule has 1 aliphatic carbocycles. The number of hydrogen-bond acceptors (Lipinski definition) is 1. The minimum atomic E-state index is -0.142. The summed E-state index contributed by atoms with van der Waals surface area (Å²) in [6.45, 7) is 6.55. The van der Waals surface area contributed by atoms with Crippen LogP contribution in [0.5, 0.6) is 0 Å². The predicted octanol–water partition coefficient (Wildman–Crippen LogP) is 4.51. The monoisotopic (exact) mass is 235 g/mol. The first kappa shape index (κ1) is 12.4. The first-order chi connectivity index (χ1) is 7.99. The summed E-state index contributed by atoms with van der Waals surface area (Å²) in [7, 11) is 0. The Balaban J connectivity index is 2.16. The van der Waals surface area contributed by atoms with Crippen LogP contribution in [0.2, 0.25) is 0 Å². The van der Waals surface area contributed by atoms with Gasteiger partial charge in [0.15, 0.2) is 0 Å². The van der Waals surface area contributed by atoms with E-state index in [2.05, 4.69) is 19.2 Å². The average molecular weight is 235 g/mol. The van der Waals surface area contributed by atoms with Crippen LogP contribution in [0.4, 0.5) is 10.1 Å². The van der Waals surface area contributed by atoms with Gasteiger partial charge in [0.25, 0.3) is 0 Å². The van der Waals surface area contributed by atoms with Gasteiger partial charge in [-0.2, -0.15) is 0 Å². The molecule has 0 aliphatic heterocycles. The smallest absolute Gasteiger partial charge is 0.146 e. The van der Waals surface area contributed by atoms with Gasteiger partial charge in [0, 0.05) is 6.04 Å². The molecule has 1 aromatic carbocycles. The quantitative estimate of drug-likeness (QED) is 0.795. The third-order valence-corrected chi connectivity index (χ3v) is 3.96. The SMILES string of the molecule is Cc1ccc(F)c(NC2CCCCC2(C)C)c1. The lowest BCUT2D eigenvalue weighted by Gasteiger charge is -2.39. The van der Waals surface area contributed by atoms with Gasteiger partial charge in [0.2, 0.25) is 0 Å². The van der Waals surface area contributed by atoms with Crippen LogP contribution in [0, 0.1) is 18.2 Å². The van der Waals surface area contributed by atoms with Crippen molar-refractivity contribution in [3.05, 3.63) is 29.6 Å². The number of aryl methyl sites for hydroxylation is 1. The van der Waals surface area contributed by atoms with Gasteiger partial charge in [0.05, 0.1) is 5.69 Å². The van der Waals surface area contributed by atoms with Crippen LogP contribution in [-0.4, -0.2) is 6.04 Å².